The number of Topliss-reactive ketones (excluding diaryl/α,β-unsaturated/α-hetero) is 2. The van der Waals surface area contributed by atoms with E-state index in [0.717, 1.165) is 19.4 Å². The van der Waals surface area contributed by atoms with Crippen LogP contribution < -0.4 is 5.63 Å². The van der Waals surface area contributed by atoms with Gasteiger partial charge in [0.15, 0.2) is 0 Å². The molecule has 2 aromatic carbocycles. The van der Waals surface area contributed by atoms with E-state index in [2.05, 4.69) is 24.3 Å². The summed E-state index contributed by atoms with van der Waals surface area (Å²) in [7, 11) is 0. The standard InChI is InChI=1S/2C8H8O2.2C5H5.Zr/c2*1-6(9)7-3-2-4-8(10)5-7;2*1-2-4-5-3-1;/h2*2-5,10H,1H3;2*1-3H,4H2;/q;;;;+2/p-2. The topological polar surface area (TPSA) is 52.6 Å². The van der Waals surface area contributed by atoms with E-state index in [1.807, 2.05) is 36.4 Å². The molecule has 156 valence electrons. The van der Waals surface area contributed by atoms with E-state index in [4.69, 9.17) is 5.63 Å². The summed E-state index contributed by atoms with van der Waals surface area (Å²) in [6, 6.07) is 14.6. The average Bonchev–Trinajstić information content (AvgIpc) is 3.48. The monoisotopic (exact) mass is 490 g/mol. The van der Waals surface area contributed by atoms with Gasteiger partial charge < -0.3 is 0 Å². The van der Waals surface area contributed by atoms with Gasteiger partial charge in [-0.15, -0.1) is 0 Å². The summed E-state index contributed by atoms with van der Waals surface area (Å²) in [5, 5.41) is 0. The van der Waals surface area contributed by atoms with Crippen LogP contribution in [0.1, 0.15) is 47.4 Å². The van der Waals surface area contributed by atoms with Crippen molar-refractivity contribution in [3.63, 3.8) is 0 Å². The third kappa shape index (κ3) is 4.62. The fraction of sp³-hybridized carbons (Fsp3) is 0.154. The van der Waals surface area contributed by atoms with Gasteiger partial charge >= 0.3 is 189 Å². The van der Waals surface area contributed by atoms with E-state index in [1.165, 1.54) is 0 Å². The number of allylic oxidation sites excluding steroid dienone is 8. The Labute approximate surface area is 188 Å². The van der Waals surface area contributed by atoms with Crippen LogP contribution in [-0.4, -0.2) is 11.6 Å². The summed E-state index contributed by atoms with van der Waals surface area (Å²) in [4.78, 5) is 23.8. The summed E-state index contributed by atoms with van der Waals surface area (Å²) in [5.41, 5.74) is 1.21. The van der Waals surface area contributed by atoms with Crippen LogP contribution in [0.15, 0.2) is 91.5 Å². The Morgan fingerprint density at radius 3 is 1.55 bits per heavy atom. The Balaban J connectivity index is 1.81. The molecule has 0 bridgehead atoms. The van der Waals surface area contributed by atoms with Crippen LogP contribution in [0.25, 0.3) is 0 Å². The van der Waals surface area contributed by atoms with E-state index < -0.39 is 21.1 Å². The SMILES string of the molecule is CC(=O)c1cccc([O][Zr]([O]c2cccc(C(C)=O)c2)([C]2=CC=CC2)[C]2=CC=CC2)c1. The number of rotatable bonds is 8. The third-order valence-electron chi connectivity index (χ3n) is 5.39. The second kappa shape index (κ2) is 9.15. The van der Waals surface area contributed by atoms with Gasteiger partial charge in [0.05, 0.1) is 0 Å². The molecule has 0 aliphatic heterocycles. The molecule has 0 radical (unpaired) electrons. The van der Waals surface area contributed by atoms with Crippen molar-refractivity contribution in [3.05, 3.63) is 103 Å². The van der Waals surface area contributed by atoms with E-state index in [-0.39, 0.29) is 11.6 Å². The molecule has 5 heteroatoms. The first-order valence-electron chi connectivity index (χ1n) is 10.3. The fourth-order valence-corrected chi connectivity index (χ4v) is 11.9. The molecule has 2 aliphatic carbocycles. The summed E-state index contributed by atoms with van der Waals surface area (Å²) < 4.78 is 15.9. The predicted octanol–water partition coefficient (Wildman–Crippen LogP) is 6.22. The van der Waals surface area contributed by atoms with Gasteiger partial charge in [0.1, 0.15) is 0 Å². The van der Waals surface area contributed by atoms with Gasteiger partial charge in [-0.05, 0) is 0 Å². The maximum atomic E-state index is 11.9. The molecule has 0 amide bonds. The van der Waals surface area contributed by atoms with Gasteiger partial charge in [-0.1, -0.05) is 0 Å². The molecule has 0 aromatic heterocycles. The Kier molecular flexibility index (Phi) is 6.34. The molecule has 31 heavy (non-hydrogen) atoms. The van der Waals surface area contributed by atoms with Crippen LogP contribution in [0, 0.1) is 0 Å². The summed E-state index contributed by atoms with van der Waals surface area (Å²) >= 11 is -4.15. The zero-order chi connectivity index (χ0) is 21.8. The summed E-state index contributed by atoms with van der Waals surface area (Å²) in [6.45, 7) is 3.10. The summed E-state index contributed by atoms with van der Waals surface area (Å²) in [5.74, 6) is 1.24. The van der Waals surface area contributed by atoms with Crippen molar-refractivity contribution < 1.29 is 36.4 Å². The number of hydrogen-bond acceptors (Lipinski definition) is 4. The van der Waals surface area contributed by atoms with Crippen molar-refractivity contribution in [1.82, 2.24) is 0 Å². The van der Waals surface area contributed by atoms with Crippen molar-refractivity contribution in [2.45, 2.75) is 26.7 Å². The number of carbonyl (C=O) groups is 2. The number of ketones is 2. The van der Waals surface area contributed by atoms with Crippen LogP contribution in [0.5, 0.6) is 11.5 Å². The zero-order valence-corrected chi connectivity index (χ0v) is 20.1. The second-order valence-electron chi connectivity index (χ2n) is 7.64. The molecule has 0 unspecified atom stereocenters. The van der Waals surface area contributed by atoms with Crippen molar-refractivity contribution >= 4 is 11.6 Å². The van der Waals surface area contributed by atoms with Gasteiger partial charge in [-0.25, -0.2) is 0 Å². The number of benzene rings is 2. The van der Waals surface area contributed by atoms with Gasteiger partial charge in [-0.2, -0.15) is 0 Å². The van der Waals surface area contributed by atoms with Crippen LogP contribution >= 0.6 is 0 Å². The van der Waals surface area contributed by atoms with Gasteiger partial charge in [0.25, 0.3) is 0 Å². The van der Waals surface area contributed by atoms with Crippen molar-refractivity contribution in [2.75, 3.05) is 0 Å². The molecular formula is C26H24O4Zr. The molecule has 2 aromatic rings. The van der Waals surface area contributed by atoms with Crippen molar-refractivity contribution in [1.29, 1.82) is 0 Å². The van der Waals surface area contributed by atoms with E-state index >= 15 is 0 Å². The minimum atomic E-state index is -4.15. The molecule has 4 rings (SSSR count). The van der Waals surface area contributed by atoms with E-state index in [1.54, 1.807) is 38.1 Å². The van der Waals surface area contributed by atoms with Crippen LogP contribution in [0.3, 0.4) is 0 Å². The second-order valence-corrected chi connectivity index (χ2v) is 14.8. The van der Waals surface area contributed by atoms with Crippen LogP contribution in [0.2, 0.25) is 0 Å². The first kappa shape index (κ1) is 21.5. The fourth-order valence-electron chi connectivity index (χ4n) is 3.76. The van der Waals surface area contributed by atoms with Crippen molar-refractivity contribution in [3.8, 4) is 11.5 Å². The molecule has 0 saturated carbocycles. The summed E-state index contributed by atoms with van der Waals surface area (Å²) in [6.07, 6.45) is 14.0. The van der Waals surface area contributed by atoms with E-state index in [9.17, 15) is 9.59 Å². The Hall–Kier alpha value is -2.78. The third-order valence-corrected chi connectivity index (χ3v) is 13.9. The van der Waals surface area contributed by atoms with Crippen LogP contribution in [0.4, 0.5) is 0 Å². The molecular weight excluding hydrogens is 468 g/mol. The molecule has 0 heterocycles. The molecule has 0 saturated heterocycles. The average molecular weight is 492 g/mol. The minimum absolute atomic E-state index is 0.00942. The Morgan fingerprint density at radius 1 is 0.742 bits per heavy atom. The number of hydrogen-bond donors (Lipinski definition) is 0. The Bertz CT molecular complexity index is 1060. The first-order valence-corrected chi connectivity index (χ1v) is 14.8. The normalized spacial score (nSPS) is 14.9. The molecule has 4 nitrogen and oxygen atoms in total. The predicted molar refractivity (Wildman–Crippen MR) is 118 cm³/mol. The van der Waals surface area contributed by atoms with Crippen molar-refractivity contribution in [2.24, 2.45) is 0 Å². The molecule has 0 fully saturated rings. The first-order chi connectivity index (χ1) is 15.0. The van der Waals surface area contributed by atoms with Gasteiger partial charge in [0.2, 0.25) is 0 Å². The molecule has 0 atom stereocenters. The van der Waals surface area contributed by atoms with Gasteiger partial charge in [0, 0.05) is 0 Å². The zero-order valence-electron chi connectivity index (χ0n) is 17.6. The number of carbonyl (C=O) groups excluding carboxylic acids is 2. The quantitative estimate of drug-likeness (QED) is 0.411. The van der Waals surface area contributed by atoms with Gasteiger partial charge in [-0.3, -0.25) is 0 Å². The van der Waals surface area contributed by atoms with E-state index in [0.29, 0.717) is 22.6 Å². The molecule has 2 aliphatic rings. The Morgan fingerprint density at radius 2 is 1.19 bits per heavy atom. The van der Waals surface area contributed by atoms with Crippen LogP contribution in [-0.2, 0) is 21.1 Å². The molecule has 0 spiro atoms. The molecule has 0 N–H and O–H groups in total. The maximum absolute atomic E-state index is 11.9.